The van der Waals surface area contributed by atoms with Crippen LogP contribution in [0, 0.1) is 0 Å². The first-order valence-electron chi connectivity index (χ1n) is 6.12. The van der Waals surface area contributed by atoms with Crippen molar-refractivity contribution in [1.82, 2.24) is 30.2 Å². The molecular weight excluding hydrogens is 288 g/mol. The molecule has 1 fully saturated rings. The quantitative estimate of drug-likeness (QED) is 0.613. The predicted octanol–water partition coefficient (Wildman–Crippen LogP) is -2.13. The van der Waals surface area contributed by atoms with E-state index < -0.39 is 10.0 Å². The van der Waals surface area contributed by atoms with Crippen molar-refractivity contribution in [3.63, 3.8) is 0 Å². The lowest BCUT2D eigenvalue weighted by Crippen LogP contribution is -2.42. The minimum atomic E-state index is -3.41. The molecule has 0 atom stereocenters. The average Bonchev–Trinajstić information content (AvgIpc) is 2.97. The summed E-state index contributed by atoms with van der Waals surface area (Å²) in [6, 6.07) is 0. The zero-order chi connectivity index (χ0) is 14.4. The smallest absolute Gasteiger partial charge is 0.221 e. The molecule has 1 aromatic rings. The molecule has 0 unspecified atom stereocenters. The maximum Gasteiger partial charge on any atom is 0.221 e. The fourth-order valence-corrected chi connectivity index (χ4v) is 3.11. The van der Waals surface area contributed by atoms with E-state index in [0.29, 0.717) is 32.1 Å². The number of aromatic amines is 1. The van der Waals surface area contributed by atoms with Gasteiger partial charge in [-0.2, -0.15) is 9.52 Å². The number of nitrogens with zero attached hydrogens (tertiary/aromatic N) is 4. The summed E-state index contributed by atoms with van der Waals surface area (Å²) in [7, 11) is -3.41. The van der Waals surface area contributed by atoms with Gasteiger partial charge in [0.2, 0.25) is 15.9 Å². The Morgan fingerprint density at radius 1 is 1.40 bits per heavy atom. The summed E-state index contributed by atoms with van der Waals surface area (Å²) in [6.07, 6.45) is -0.0997. The summed E-state index contributed by atoms with van der Waals surface area (Å²) in [5, 5.41) is 15.5. The van der Waals surface area contributed by atoms with Gasteiger partial charge in [0.05, 0.1) is 25.5 Å². The summed E-state index contributed by atoms with van der Waals surface area (Å²) in [5.41, 5.74) is 0. The number of H-pyrrole nitrogens is 1. The number of nitrogens with one attached hydrogen (secondary N) is 2. The van der Waals surface area contributed by atoms with Crippen LogP contribution in [0.3, 0.4) is 0 Å². The molecular formula is C9H16N6O4S. The Bertz CT molecular complexity index is 525. The van der Waals surface area contributed by atoms with Gasteiger partial charge in [-0.05, 0) is 0 Å². The van der Waals surface area contributed by atoms with E-state index in [-0.39, 0.29) is 24.6 Å². The lowest BCUT2D eigenvalue weighted by molar-refractivity contribution is -0.120. The van der Waals surface area contributed by atoms with Crippen LogP contribution in [0.4, 0.5) is 0 Å². The van der Waals surface area contributed by atoms with Crippen molar-refractivity contribution in [2.24, 2.45) is 0 Å². The first-order valence-corrected chi connectivity index (χ1v) is 7.73. The van der Waals surface area contributed by atoms with Gasteiger partial charge in [0, 0.05) is 19.5 Å². The highest BCUT2D eigenvalue weighted by Crippen LogP contribution is 2.06. The Labute approximate surface area is 115 Å². The Balaban J connectivity index is 1.74. The van der Waals surface area contributed by atoms with Gasteiger partial charge in [-0.3, -0.25) is 4.79 Å². The molecule has 2 heterocycles. The van der Waals surface area contributed by atoms with E-state index in [2.05, 4.69) is 25.9 Å². The third-order valence-electron chi connectivity index (χ3n) is 2.78. The van der Waals surface area contributed by atoms with E-state index in [9.17, 15) is 13.2 Å². The van der Waals surface area contributed by atoms with Crippen LogP contribution in [-0.4, -0.2) is 71.3 Å². The summed E-state index contributed by atoms with van der Waals surface area (Å²) in [4.78, 5) is 11.6. The number of aromatic nitrogens is 4. The second-order valence-electron chi connectivity index (χ2n) is 4.18. The molecule has 0 aliphatic carbocycles. The number of morpholine rings is 1. The van der Waals surface area contributed by atoms with Crippen LogP contribution >= 0.6 is 0 Å². The van der Waals surface area contributed by atoms with Gasteiger partial charge in [0.15, 0.2) is 5.82 Å². The number of rotatable bonds is 6. The minimum Gasteiger partial charge on any atom is -0.379 e. The van der Waals surface area contributed by atoms with Crippen LogP contribution < -0.4 is 5.32 Å². The number of carbonyl (C=O) groups is 1. The van der Waals surface area contributed by atoms with Crippen molar-refractivity contribution in [3.05, 3.63) is 5.82 Å². The van der Waals surface area contributed by atoms with Crippen LogP contribution in [-0.2, 0) is 26.1 Å². The van der Waals surface area contributed by atoms with E-state index in [1.807, 2.05) is 0 Å². The fourth-order valence-electron chi connectivity index (χ4n) is 1.70. The average molecular weight is 304 g/mol. The molecule has 1 aliphatic heterocycles. The van der Waals surface area contributed by atoms with Gasteiger partial charge in [-0.1, -0.05) is 5.21 Å². The standard InChI is InChI=1S/C9H16N6O4S/c16-9(10-7-8-11-13-14-12-8)1-6-20(17,18)15-2-4-19-5-3-15/h1-7H2,(H,10,16)(H,11,12,13,14). The molecule has 11 heteroatoms. The number of hydrogen-bond acceptors (Lipinski definition) is 7. The van der Waals surface area contributed by atoms with Crippen LogP contribution in [0.1, 0.15) is 12.2 Å². The first-order chi connectivity index (χ1) is 9.58. The Hall–Kier alpha value is -1.59. The maximum atomic E-state index is 12.0. The van der Waals surface area contributed by atoms with Gasteiger partial charge in [-0.25, -0.2) is 8.42 Å². The van der Waals surface area contributed by atoms with E-state index in [0.717, 1.165) is 0 Å². The van der Waals surface area contributed by atoms with Gasteiger partial charge in [0.1, 0.15) is 0 Å². The van der Waals surface area contributed by atoms with Crippen molar-refractivity contribution >= 4 is 15.9 Å². The molecule has 1 amide bonds. The van der Waals surface area contributed by atoms with Crippen molar-refractivity contribution in [2.45, 2.75) is 13.0 Å². The van der Waals surface area contributed by atoms with E-state index >= 15 is 0 Å². The molecule has 1 aromatic heterocycles. The highest BCUT2D eigenvalue weighted by atomic mass is 32.2. The van der Waals surface area contributed by atoms with Crippen molar-refractivity contribution in [2.75, 3.05) is 32.1 Å². The molecule has 1 aliphatic rings. The number of hydrogen-bond donors (Lipinski definition) is 2. The Kier molecular flexibility index (Phi) is 4.98. The zero-order valence-electron chi connectivity index (χ0n) is 10.8. The van der Waals surface area contributed by atoms with Crippen LogP contribution in [0.2, 0.25) is 0 Å². The summed E-state index contributed by atoms with van der Waals surface area (Å²) in [6.45, 7) is 1.58. The summed E-state index contributed by atoms with van der Waals surface area (Å²) < 4.78 is 30.4. The van der Waals surface area contributed by atoms with Crippen LogP contribution in [0.25, 0.3) is 0 Å². The Morgan fingerprint density at radius 2 is 2.15 bits per heavy atom. The molecule has 2 N–H and O–H groups in total. The van der Waals surface area contributed by atoms with Gasteiger partial charge < -0.3 is 10.1 Å². The normalized spacial score (nSPS) is 17.0. The van der Waals surface area contributed by atoms with Crippen LogP contribution in [0.5, 0.6) is 0 Å². The minimum absolute atomic E-state index is 0.0997. The lowest BCUT2D eigenvalue weighted by Gasteiger charge is -2.25. The molecule has 20 heavy (non-hydrogen) atoms. The molecule has 0 saturated carbocycles. The van der Waals surface area contributed by atoms with Crippen molar-refractivity contribution in [1.29, 1.82) is 0 Å². The number of tetrazole rings is 1. The topological polar surface area (TPSA) is 130 Å². The molecule has 2 rings (SSSR count). The third-order valence-corrected chi connectivity index (χ3v) is 4.66. The lowest BCUT2D eigenvalue weighted by atomic mass is 10.4. The number of ether oxygens (including phenoxy) is 1. The summed E-state index contributed by atoms with van der Waals surface area (Å²) >= 11 is 0. The molecule has 112 valence electrons. The summed E-state index contributed by atoms with van der Waals surface area (Å²) in [5.74, 6) is -0.244. The van der Waals surface area contributed by atoms with Gasteiger partial charge in [0.25, 0.3) is 0 Å². The second kappa shape index (κ2) is 6.72. The highest BCUT2D eigenvalue weighted by Gasteiger charge is 2.24. The predicted molar refractivity (Wildman–Crippen MR) is 66.8 cm³/mol. The molecule has 0 spiro atoms. The third kappa shape index (κ3) is 4.21. The maximum absolute atomic E-state index is 12.0. The molecule has 0 bridgehead atoms. The van der Waals surface area contributed by atoms with Gasteiger partial charge in [-0.15, -0.1) is 10.2 Å². The zero-order valence-corrected chi connectivity index (χ0v) is 11.6. The number of sulfonamides is 1. The van der Waals surface area contributed by atoms with E-state index in [1.54, 1.807) is 0 Å². The van der Waals surface area contributed by atoms with Gasteiger partial charge >= 0.3 is 0 Å². The highest BCUT2D eigenvalue weighted by molar-refractivity contribution is 7.89. The van der Waals surface area contributed by atoms with Crippen molar-refractivity contribution < 1.29 is 17.9 Å². The van der Waals surface area contributed by atoms with Crippen LogP contribution in [0.15, 0.2) is 0 Å². The fraction of sp³-hybridized carbons (Fsp3) is 0.778. The van der Waals surface area contributed by atoms with Crippen molar-refractivity contribution in [3.8, 4) is 0 Å². The first kappa shape index (κ1) is 14.8. The molecule has 1 saturated heterocycles. The Morgan fingerprint density at radius 3 is 2.80 bits per heavy atom. The molecule has 10 nitrogen and oxygen atoms in total. The molecule has 0 aromatic carbocycles. The monoisotopic (exact) mass is 304 g/mol. The van der Waals surface area contributed by atoms with E-state index in [4.69, 9.17) is 4.74 Å². The largest absolute Gasteiger partial charge is 0.379 e. The number of amides is 1. The number of carbonyl (C=O) groups excluding carboxylic acids is 1. The van der Waals surface area contributed by atoms with E-state index in [1.165, 1.54) is 4.31 Å². The second-order valence-corrected chi connectivity index (χ2v) is 6.27. The SMILES string of the molecule is O=C(CCS(=O)(=O)N1CCOCC1)NCc1nn[nH]n1. The molecule has 0 radical (unpaired) electrons.